The highest BCUT2D eigenvalue weighted by Gasteiger charge is 2.15. The molecule has 0 fully saturated rings. The first kappa shape index (κ1) is 19.5. The van der Waals surface area contributed by atoms with E-state index in [1.165, 1.54) is 16.7 Å². The number of amides is 1. The van der Waals surface area contributed by atoms with Crippen LogP contribution in [0.3, 0.4) is 0 Å². The highest BCUT2D eigenvalue weighted by Crippen LogP contribution is 2.33. The van der Waals surface area contributed by atoms with Crippen LogP contribution in [0.5, 0.6) is 11.5 Å². The summed E-state index contributed by atoms with van der Waals surface area (Å²) in [6, 6.07) is 15.8. The van der Waals surface area contributed by atoms with Crippen LogP contribution in [-0.2, 0) is 4.79 Å². The first-order valence-corrected chi connectivity index (χ1v) is 9.85. The molecule has 134 valence electrons. The smallest absolute Gasteiger partial charge is 0.233 e. The second-order valence-electron chi connectivity index (χ2n) is 5.23. The minimum absolute atomic E-state index is 0.0356. The number of nitrogens with one attached hydrogen (secondary N) is 1. The maximum Gasteiger partial charge on any atom is 0.233 e. The summed E-state index contributed by atoms with van der Waals surface area (Å²) in [6.45, 7) is 2.55. The molecule has 2 rings (SSSR count). The Labute approximate surface area is 157 Å². The van der Waals surface area contributed by atoms with E-state index in [0.717, 1.165) is 10.6 Å². The zero-order chi connectivity index (χ0) is 18.1. The Kier molecular flexibility index (Phi) is 8.01. The summed E-state index contributed by atoms with van der Waals surface area (Å²) in [6.07, 6.45) is 0. The summed E-state index contributed by atoms with van der Waals surface area (Å²) in [5.74, 6) is 2.23. The number of rotatable bonds is 9. The van der Waals surface area contributed by atoms with Gasteiger partial charge in [0.25, 0.3) is 0 Å². The number of carbonyl (C=O) groups is 1. The van der Waals surface area contributed by atoms with E-state index >= 15 is 0 Å². The third-order valence-electron chi connectivity index (χ3n) is 3.45. The molecule has 1 amide bonds. The van der Waals surface area contributed by atoms with Gasteiger partial charge < -0.3 is 14.8 Å². The third-order valence-corrected chi connectivity index (χ3v) is 5.56. The lowest BCUT2D eigenvalue weighted by atomic mass is 10.3. The zero-order valence-electron chi connectivity index (χ0n) is 14.7. The molecular formula is C19H23NO3S2. The molecule has 6 heteroatoms. The second kappa shape index (κ2) is 10.3. The molecule has 1 unspecified atom stereocenters. The molecule has 0 aliphatic carbocycles. The van der Waals surface area contributed by atoms with Crippen LogP contribution in [0.4, 0.5) is 0 Å². The molecule has 0 bridgehead atoms. The van der Waals surface area contributed by atoms with Crippen molar-refractivity contribution in [1.82, 2.24) is 5.32 Å². The Morgan fingerprint density at radius 3 is 2.44 bits per heavy atom. The van der Waals surface area contributed by atoms with E-state index in [-0.39, 0.29) is 11.2 Å². The molecule has 0 spiro atoms. The SMILES string of the molecule is COc1ccc(SC(C)C(=O)NCCSc2ccccc2)cc1OC. The second-order valence-corrected chi connectivity index (χ2v) is 7.81. The van der Waals surface area contributed by atoms with Crippen LogP contribution < -0.4 is 14.8 Å². The molecule has 0 saturated heterocycles. The van der Waals surface area contributed by atoms with Crippen LogP contribution in [0.15, 0.2) is 58.3 Å². The van der Waals surface area contributed by atoms with Gasteiger partial charge in [-0.25, -0.2) is 0 Å². The van der Waals surface area contributed by atoms with Gasteiger partial charge in [-0.1, -0.05) is 18.2 Å². The van der Waals surface area contributed by atoms with Crippen LogP contribution >= 0.6 is 23.5 Å². The molecule has 0 saturated carbocycles. The minimum atomic E-state index is -0.181. The van der Waals surface area contributed by atoms with E-state index in [1.54, 1.807) is 26.0 Å². The summed E-state index contributed by atoms with van der Waals surface area (Å²) >= 11 is 3.24. The van der Waals surface area contributed by atoms with Gasteiger partial charge in [0.2, 0.25) is 5.91 Å². The number of ether oxygens (including phenoxy) is 2. The molecular weight excluding hydrogens is 354 g/mol. The third kappa shape index (κ3) is 6.21. The van der Waals surface area contributed by atoms with Gasteiger partial charge in [-0.05, 0) is 37.3 Å². The molecule has 25 heavy (non-hydrogen) atoms. The maximum atomic E-state index is 12.2. The number of benzene rings is 2. The van der Waals surface area contributed by atoms with Gasteiger partial charge in [0, 0.05) is 22.1 Å². The topological polar surface area (TPSA) is 47.6 Å². The first-order chi connectivity index (χ1) is 12.1. The number of hydrogen-bond donors (Lipinski definition) is 1. The fraction of sp³-hybridized carbons (Fsp3) is 0.316. The van der Waals surface area contributed by atoms with Crippen molar-refractivity contribution in [3.8, 4) is 11.5 Å². The predicted molar refractivity (Wildman–Crippen MR) is 105 cm³/mol. The lowest BCUT2D eigenvalue weighted by molar-refractivity contribution is -0.120. The zero-order valence-corrected chi connectivity index (χ0v) is 16.3. The molecule has 1 atom stereocenters. The highest BCUT2D eigenvalue weighted by molar-refractivity contribution is 8.00. The average Bonchev–Trinajstić information content (AvgIpc) is 2.65. The Balaban J connectivity index is 1.78. The Morgan fingerprint density at radius 1 is 1.04 bits per heavy atom. The van der Waals surface area contributed by atoms with Crippen molar-refractivity contribution in [3.05, 3.63) is 48.5 Å². The number of carbonyl (C=O) groups excluding carboxylic acids is 1. The van der Waals surface area contributed by atoms with Gasteiger partial charge >= 0.3 is 0 Å². The fourth-order valence-electron chi connectivity index (χ4n) is 2.15. The van der Waals surface area contributed by atoms with Crippen molar-refractivity contribution < 1.29 is 14.3 Å². The summed E-state index contributed by atoms with van der Waals surface area (Å²) in [5, 5.41) is 2.81. The fourth-order valence-corrected chi connectivity index (χ4v) is 3.86. The Morgan fingerprint density at radius 2 is 1.76 bits per heavy atom. The quantitative estimate of drug-likeness (QED) is 0.527. The van der Waals surface area contributed by atoms with Gasteiger partial charge in [-0.2, -0.15) is 0 Å². The van der Waals surface area contributed by atoms with Gasteiger partial charge in [0.15, 0.2) is 11.5 Å². The Hall–Kier alpha value is -1.79. The average molecular weight is 378 g/mol. The molecule has 0 heterocycles. The van der Waals surface area contributed by atoms with Crippen molar-refractivity contribution in [3.63, 3.8) is 0 Å². The number of hydrogen-bond acceptors (Lipinski definition) is 5. The normalized spacial score (nSPS) is 11.6. The monoisotopic (exact) mass is 377 g/mol. The van der Waals surface area contributed by atoms with Crippen LogP contribution in [0, 0.1) is 0 Å². The molecule has 4 nitrogen and oxygen atoms in total. The van der Waals surface area contributed by atoms with Crippen molar-refractivity contribution in [2.24, 2.45) is 0 Å². The summed E-state index contributed by atoms with van der Waals surface area (Å²) < 4.78 is 10.5. The lowest BCUT2D eigenvalue weighted by Gasteiger charge is -2.13. The van der Waals surface area contributed by atoms with Crippen LogP contribution in [0.2, 0.25) is 0 Å². The van der Waals surface area contributed by atoms with E-state index in [4.69, 9.17) is 9.47 Å². The van der Waals surface area contributed by atoms with E-state index in [9.17, 15) is 4.79 Å². The predicted octanol–water partition coefficient (Wildman–Crippen LogP) is 4.09. The van der Waals surface area contributed by atoms with E-state index < -0.39 is 0 Å². The summed E-state index contributed by atoms with van der Waals surface area (Å²) in [4.78, 5) is 14.4. The molecule has 2 aromatic carbocycles. The van der Waals surface area contributed by atoms with E-state index in [1.807, 2.05) is 43.3 Å². The van der Waals surface area contributed by atoms with Crippen molar-refractivity contribution in [2.45, 2.75) is 22.0 Å². The van der Waals surface area contributed by atoms with E-state index in [0.29, 0.717) is 18.0 Å². The molecule has 0 radical (unpaired) electrons. The van der Waals surface area contributed by atoms with Crippen LogP contribution in [0.1, 0.15) is 6.92 Å². The van der Waals surface area contributed by atoms with Crippen molar-refractivity contribution in [1.29, 1.82) is 0 Å². The molecule has 1 N–H and O–H groups in total. The lowest BCUT2D eigenvalue weighted by Crippen LogP contribution is -2.32. The van der Waals surface area contributed by atoms with Gasteiger partial charge in [-0.3, -0.25) is 4.79 Å². The van der Waals surface area contributed by atoms with E-state index in [2.05, 4.69) is 17.4 Å². The highest BCUT2D eigenvalue weighted by atomic mass is 32.2. The minimum Gasteiger partial charge on any atom is -0.493 e. The van der Waals surface area contributed by atoms with Gasteiger partial charge in [-0.15, -0.1) is 23.5 Å². The molecule has 0 aromatic heterocycles. The van der Waals surface area contributed by atoms with Crippen LogP contribution in [0.25, 0.3) is 0 Å². The Bertz CT molecular complexity index is 680. The first-order valence-electron chi connectivity index (χ1n) is 7.98. The number of methoxy groups -OCH3 is 2. The molecule has 0 aliphatic rings. The summed E-state index contributed by atoms with van der Waals surface area (Å²) in [5.41, 5.74) is 0. The largest absolute Gasteiger partial charge is 0.493 e. The molecule has 0 aliphatic heterocycles. The maximum absolute atomic E-state index is 12.2. The van der Waals surface area contributed by atoms with Crippen molar-refractivity contribution >= 4 is 29.4 Å². The van der Waals surface area contributed by atoms with Crippen LogP contribution in [-0.4, -0.2) is 37.7 Å². The summed E-state index contributed by atoms with van der Waals surface area (Å²) in [7, 11) is 3.21. The standard InChI is InChI=1S/C19H23NO3S2/c1-14(25-16-9-10-17(22-2)18(13-16)23-3)19(21)20-11-12-24-15-7-5-4-6-8-15/h4-10,13-14H,11-12H2,1-3H3,(H,20,21). The van der Waals surface area contributed by atoms with Gasteiger partial charge in [0.1, 0.15) is 0 Å². The van der Waals surface area contributed by atoms with Gasteiger partial charge in [0.05, 0.1) is 19.5 Å². The number of thioether (sulfide) groups is 2. The molecule has 2 aromatic rings. The van der Waals surface area contributed by atoms with Crippen molar-refractivity contribution in [2.75, 3.05) is 26.5 Å².